The molecule has 7 nitrogen and oxygen atoms in total. The van der Waals surface area contributed by atoms with Crippen molar-refractivity contribution in [3.05, 3.63) is 53.8 Å². The monoisotopic (exact) mass is 465 g/mol. The van der Waals surface area contributed by atoms with Crippen LogP contribution in [0.15, 0.2) is 42.5 Å². The maximum absolute atomic E-state index is 13.5. The maximum Gasteiger partial charge on any atom is 0.405 e. The lowest BCUT2D eigenvalue weighted by atomic mass is 9.81. The van der Waals surface area contributed by atoms with Crippen molar-refractivity contribution in [2.24, 2.45) is 5.92 Å². The third-order valence-corrected chi connectivity index (χ3v) is 7.78. The Labute approximate surface area is 187 Å². The van der Waals surface area contributed by atoms with Crippen LogP contribution >= 0.6 is 7.75 Å². The molecule has 1 fully saturated rings. The molecule has 4 unspecified atom stereocenters. The van der Waals surface area contributed by atoms with E-state index in [0.29, 0.717) is 49.8 Å². The van der Waals surface area contributed by atoms with Gasteiger partial charge in [0.2, 0.25) is 6.79 Å². The molecule has 0 amide bonds. The molecule has 0 aliphatic carbocycles. The molecule has 2 aromatic carbocycles. The number of halogens is 1. The van der Waals surface area contributed by atoms with Crippen LogP contribution in [-0.2, 0) is 9.09 Å². The van der Waals surface area contributed by atoms with Crippen LogP contribution in [0.5, 0.6) is 17.2 Å². The quantitative estimate of drug-likeness (QED) is 0.553. The highest BCUT2D eigenvalue weighted by Gasteiger charge is 2.40. The first kappa shape index (κ1) is 23.1. The van der Waals surface area contributed by atoms with Crippen LogP contribution in [0.3, 0.4) is 0 Å². The summed E-state index contributed by atoms with van der Waals surface area (Å²) >= 11 is 0. The summed E-state index contributed by atoms with van der Waals surface area (Å²) < 4.78 is 50.2. The van der Waals surface area contributed by atoms with Crippen molar-refractivity contribution >= 4 is 7.75 Å². The van der Waals surface area contributed by atoms with Gasteiger partial charge in [-0.05, 0) is 55.5 Å². The van der Waals surface area contributed by atoms with E-state index < -0.39 is 7.75 Å². The Hall–Kier alpha value is -2.12. The van der Waals surface area contributed by atoms with Gasteiger partial charge in [0.25, 0.3) is 0 Å². The van der Waals surface area contributed by atoms with Gasteiger partial charge in [0.15, 0.2) is 11.5 Å². The Morgan fingerprint density at radius 2 is 1.97 bits per heavy atom. The van der Waals surface area contributed by atoms with Crippen molar-refractivity contribution in [3.8, 4) is 17.2 Å². The van der Waals surface area contributed by atoms with Crippen molar-refractivity contribution in [2.75, 3.05) is 26.5 Å². The van der Waals surface area contributed by atoms with E-state index in [1.807, 2.05) is 13.0 Å². The minimum Gasteiger partial charge on any atom is -0.493 e. The van der Waals surface area contributed by atoms with Gasteiger partial charge in [0.1, 0.15) is 11.6 Å². The van der Waals surface area contributed by atoms with E-state index in [9.17, 15) is 13.8 Å². The zero-order chi connectivity index (χ0) is 22.7. The molecule has 2 aliphatic heterocycles. The van der Waals surface area contributed by atoms with Gasteiger partial charge in [-0.25, -0.2) is 13.6 Å². The molecule has 4 atom stereocenters. The normalized spacial score (nSPS) is 23.5. The van der Waals surface area contributed by atoms with Gasteiger partial charge in [0.05, 0.1) is 12.7 Å². The second-order valence-corrected chi connectivity index (χ2v) is 10.0. The Morgan fingerprint density at radius 3 is 2.72 bits per heavy atom. The topological polar surface area (TPSA) is 77.5 Å². The lowest BCUT2D eigenvalue weighted by Crippen LogP contribution is -2.40. The summed E-state index contributed by atoms with van der Waals surface area (Å²) in [4.78, 5) is 10.6. The van der Waals surface area contributed by atoms with Gasteiger partial charge >= 0.3 is 7.75 Å². The van der Waals surface area contributed by atoms with E-state index in [1.165, 1.54) is 16.8 Å². The number of piperidine rings is 1. The van der Waals surface area contributed by atoms with Crippen molar-refractivity contribution in [1.29, 1.82) is 0 Å². The lowest BCUT2D eigenvalue weighted by molar-refractivity contribution is 0.106. The first-order valence-electron chi connectivity index (χ1n) is 10.9. The van der Waals surface area contributed by atoms with Gasteiger partial charge < -0.3 is 19.1 Å². The van der Waals surface area contributed by atoms with Gasteiger partial charge in [-0.3, -0.25) is 4.52 Å². The highest BCUT2D eigenvalue weighted by atomic mass is 31.2. The molecule has 0 spiro atoms. The molecule has 32 heavy (non-hydrogen) atoms. The Morgan fingerprint density at radius 1 is 1.22 bits per heavy atom. The van der Waals surface area contributed by atoms with Crippen molar-refractivity contribution in [2.45, 2.75) is 38.7 Å². The van der Waals surface area contributed by atoms with Crippen molar-refractivity contribution in [1.82, 2.24) is 4.67 Å². The number of nitrogens with zero attached hydrogens (tertiary/aromatic N) is 1. The average molecular weight is 465 g/mol. The van der Waals surface area contributed by atoms with Gasteiger partial charge in [-0.2, -0.15) is 0 Å². The summed E-state index contributed by atoms with van der Waals surface area (Å²) in [5, 5.41) is 0. The van der Waals surface area contributed by atoms with E-state index in [2.05, 4.69) is 0 Å². The fourth-order valence-corrected chi connectivity index (χ4v) is 5.64. The molecule has 2 aliphatic rings. The summed E-state index contributed by atoms with van der Waals surface area (Å²) in [6.45, 7) is 4.94. The molecule has 1 N–H and O–H groups in total. The van der Waals surface area contributed by atoms with Crippen LogP contribution < -0.4 is 14.2 Å². The van der Waals surface area contributed by atoms with Gasteiger partial charge in [0, 0.05) is 25.1 Å². The van der Waals surface area contributed by atoms with Gasteiger partial charge in [-0.15, -0.1) is 0 Å². The summed E-state index contributed by atoms with van der Waals surface area (Å²) in [5.74, 6) is 1.61. The highest BCUT2D eigenvalue weighted by Crippen LogP contribution is 2.51. The predicted molar refractivity (Wildman–Crippen MR) is 118 cm³/mol. The number of benzene rings is 2. The number of ether oxygens (including phenoxy) is 3. The molecular formula is C23H29FNO6P. The molecule has 9 heteroatoms. The molecule has 0 saturated carbocycles. The largest absolute Gasteiger partial charge is 0.493 e. The summed E-state index contributed by atoms with van der Waals surface area (Å²) in [5.41, 5.74) is 0.987. The van der Waals surface area contributed by atoms with Crippen molar-refractivity contribution < 1.29 is 32.6 Å². The Balaban J connectivity index is 1.51. The van der Waals surface area contributed by atoms with E-state index in [0.717, 1.165) is 5.56 Å². The van der Waals surface area contributed by atoms with Crippen LogP contribution in [0.4, 0.5) is 4.39 Å². The fraction of sp³-hybridized carbons (Fsp3) is 0.478. The van der Waals surface area contributed by atoms with Gasteiger partial charge in [-0.1, -0.05) is 19.1 Å². The average Bonchev–Trinajstić information content (AvgIpc) is 3.25. The van der Waals surface area contributed by atoms with Crippen LogP contribution in [0, 0.1) is 11.7 Å². The Bertz CT molecular complexity index is 971. The second-order valence-electron chi connectivity index (χ2n) is 8.26. The number of rotatable bonds is 8. The summed E-state index contributed by atoms with van der Waals surface area (Å²) in [7, 11) is -3.93. The third-order valence-electron chi connectivity index (χ3n) is 6.07. The maximum atomic E-state index is 13.5. The summed E-state index contributed by atoms with van der Waals surface area (Å²) in [6, 6.07) is 11.8. The smallest absolute Gasteiger partial charge is 0.405 e. The molecule has 174 valence electrons. The van der Waals surface area contributed by atoms with E-state index in [-0.39, 0.29) is 30.5 Å². The number of hydrogen-bond acceptors (Lipinski definition) is 5. The first-order chi connectivity index (χ1) is 15.4. The Kier molecular flexibility index (Phi) is 7.05. The highest BCUT2D eigenvalue weighted by molar-refractivity contribution is 7.50. The molecule has 2 heterocycles. The van der Waals surface area contributed by atoms with Crippen LogP contribution in [0.2, 0.25) is 0 Å². The second kappa shape index (κ2) is 9.79. The molecule has 1 saturated heterocycles. The third kappa shape index (κ3) is 5.26. The number of hydrogen-bond donors (Lipinski definition) is 1. The van der Waals surface area contributed by atoms with E-state index in [1.54, 1.807) is 31.2 Å². The van der Waals surface area contributed by atoms with Crippen LogP contribution in [-0.4, -0.2) is 42.2 Å². The molecule has 0 radical (unpaired) electrons. The zero-order valence-corrected chi connectivity index (χ0v) is 19.2. The molecule has 2 aromatic rings. The SMILES string of the molecule is CCC(C)OP(=O)(O)N1CCC(c2ccc(F)cc2)C(COc2ccc3c(c2)OCO3)C1. The molecular weight excluding hydrogens is 436 g/mol. The molecule has 0 aromatic heterocycles. The lowest BCUT2D eigenvalue weighted by Gasteiger charge is -2.40. The van der Waals surface area contributed by atoms with E-state index in [4.69, 9.17) is 18.7 Å². The van der Waals surface area contributed by atoms with Crippen LogP contribution in [0.1, 0.15) is 38.2 Å². The standard InChI is InChI=1S/C23H29FNO6P/c1-3-16(2)31-32(26,27)25-11-10-21(17-4-6-19(24)7-5-17)18(13-25)14-28-20-8-9-22-23(12-20)30-15-29-22/h4-9,12,16,18,21H,3,10-11,13-15H2,1-2H3,(H,26,27). The minimum atomic E-state index is -3.93. The zero-order valence-electron chi connectivity index (χ0n) is 18.3. The fourth-order valence-electron chi connectivity index (χ4n) is 4.11. The summed E-state index contributed by atoms with van der Waals surface area (Å²) in [6.07, 6.45) is 0.964. The number of fused-ring (bicyclic) bond motifs is 1. The van der Waals surface area contributed by atoms with E-state index >= 15 is 0 Å². The van der Waals surface area contributed by atoms with Crippen LogP contribution in [0.25, 0.3) is 0 Å². The molecule has 4 rings (SSSR count). The van der Waals surface area contributed by atoms with Crippen molar-refractivity contribution in [3.63, 3.8) is 0 Å². The predicted octanol–water partition coefficient (Wildman–Crippen LogP) is 4.95. The minimum absolute atomic E-state index is 0.0597. The first-order valence-corrected chi connectivity index (χ1v) is 12.4. The molecule has 0 bridgehead atoms.